The van der Waals surface area contributed by atoms with Gasteiger partial charge in [-0.3, -0.25) is 19.8 Å². The Morgan fingerprint density at radius 3 is 2.69 bits per heavy atom. The summed E-state index contributed by atoms with van der Waals surface area (Å²) in [6, 6.07) is 7.40. The zero-order valence-corrected chi connectivity index (χ0v) is 16.3. The monoisotopic (exact) mass is 397 g/mol. The molecule has 0 aliphatic carbocycles. The maximum absolute atomic E-state index is 12.7. The Bertz CT molecular complexity index is 796. The Balaban J connectivity index is 2.14. The van der Waals surface area contributed by atoms with Crippen molar-refractivity contribution in [3.8, 4) is 5.75 Å². The first-order chi connectivity index (χ1) is 12.3. The van der Waals surface area contributed by atoms with Gasteiger partial charge in [-0.15, -0.1) is 11.3 Å². The van der Waals surface area contributed by atoms with E-state index in [1.54, 1.807) is 6.92 Å². The number of methoxy groups -OCH3 is 1. The van der Waals surface area contributed by atoms with Crippen molar-refractivity contribution in [3.63, 3.8) is 0 Å². The van der Waals surface area contributed by atoms with Crippen LogP contribution in [0, 0.1) is 10.1 Å². The zero-order chi connectivity index (χ0) is 19.3. The van der Waals surface area contributed by atoms with Gasteiger partial charge in [0, 0.05) is 23.6 Å². The number of ether oxygens (including phenoxy) is 1. The lowest BCUT2D eigenvalue weighted by molar-refractivity contribution is -0.384. The summed E-state index contributed by atoms with van der Waals surface area (Å²) >= 11 is 7.43. The number of nitro benzene ring substituents is 1. The number of anilines is 1. The normalized spacial score (nSPS) is 12.0. The number of hydrogen-bond donors (Lipinski definition) is 1. The lowest BCUT2D eigenvalue weighted by Gasteiger charge is -2.26. The third kappa shape index (κ3) is 4.94. The largest absolute Gasteiger partial charge is 0.495 e. The summed E-state index contributed by atoms with van der Waals surface area (Å²) in [5.74, 6) is 0.0949. The van der Waals surface area contributed by atoms with Crippen LogP contribution < -0.4 is 10.1 Å². The third-order valence-electron chi connectivity index (χ3n) is 3.97. The zero-order valence-electron chi connectivity index (χ0n) is 14.7. The molecule has 1 N–H and O–H groups in total. The second kappa shape index (κ2) is 8.98. The van der Waals surface area contributed by atoms with Gasteiger partial charge in [0.15, 0.2) is 0 Å². The van der Waals surface area contributed by atoms with Crippen molar-refractivity contribution in [3.05, 3.63) is 49.7 Å². The summed E-state index contributed by atoms with van der Waals surface area (Å²) in [7, 11) is 1.44. The quantitative estimate of drug-likeness (QED) is 0.533. The molecule has 0 saturated heterocycles. The molecule has 1 unspecified atom stereocenters. The fourth-order valence-electron chi connectivity index (χ4n) is 2.47. The smallest absolute Gasteiger partial charge is 0.271 e. The minimum Gasteiger partial charge on any atom is -0.495 e. The number of nitrogens with zero attached hydrogens (tertiary/aromatic N) is 2. The first kappa shape index (κ1) is 20.2. The SMILES string of the molecule is CCN(Cc1ccc(Cl)s1)C(C)C(=O)Nc1cc([N+](=O)[O-])ccc1OC. The fraction of sp³-hybridized carbons (Fsp3) is 0.353. The summed E-state index contributed by atoms with van der Waals surface area (Å²) in [5, 5.41) is 13.7. The van der Waals surface area contributed by atoms with Gasteiger partial charge in [0.25, 0.3) is 5.69 Å². The van der Waals surface area contributed by atoms with E-state index in [4.69, 9.17) is 16.3 Å². The number of halogens is 1. The average molecular weight is 398 g/mol. The Hall–Kier alpha value is -2.16. The van der Waals surface area contributed by atoms with Gasteiger partial charge in [-0.05, 0) is 31.7 Å². The molecular formula is C17H20ClN3O4S. The highest BCUT2D eigenvalue weighted by atomic mass is 35.5. The summed E-state index contributed by atoms with van der Waals surface area (Å²) in [6.07, 6.45) is 0. The van der Waals surface area contributed by atoms with Crippen LogP contribution in [0.5, 0.6) is 5.75 Å². The van der Waals surface area contributed by atoms with Gasteiger partial charge in [-0.25, -0.2) is 0 Å². The molecule has 1 heterocycles. The van der Waals surface area contributed by atoms with E-state index in [9.17, 15) is 14.9 Å². The maximum Gasteiger partial charge on any atom is 0.271 e. The van der Waals surface area contributed by atoms with E-state index in [0.29, 0.717) is 23.2 Å². The minimum atomic E-state index is -0.516. The number of rotatable bonds is 8. The standard InChI is InChI=1S/C17H20ClN3O4S/c1-4-20(10-13-6-8-16(18)26-13)11(2)17(22)19-14-9-12(21(23)24)5-7-15(14)25-3/h5-9,11H,4,10H2,1-3H3,(H,19,22). The number of amides is 1. The van der Waals surface area contributed by atoms with Crippen molar-refractivity contribution in [1.29, 1.82) is 0 Å². The lowest BCUT2D eigenvalue weighted by atomic mass is 10.2. The number of carbonyl (C=O) groups is 1. The summed E-state index contributed by atoms with van der Waals surface area (Å²) < 4.78 is 5.89. The van der Waals surface area contributed by atoms with Crippen LogP contribution in [0.4, 0.5) is 11.4 Å². The number of nitrogens with one attached hydrogen (secondary N) is 1. The van der Waals surface area contributed by atoms with E-state index in [2.05, 4.69) is 5.32 Å². The number of nitro groups is 1. The van der Waals surface area contributed by atoms with Gasteiger partial charge in [-0.1, -0.05) is 18.5 Å². The fourth-order valence-corrected chi connectivity index (χ4v) is 3.58. The van der Waals surface area contributed by atoms with Crippen molar-refractivity contribution >= 4 is 40.2 Å². The molecule has 7 nitrogen and oxygen atoms in total. The highest BCUT2D eigenvalue weighted by Crippen LogP contribution is 2.29. The predicted molar refractivity (Wildman–Crippen MR) is 103 cm³/mol. The van der Waals surface area contributed by atoms with Crippen LogP contribution in [0.1, 0.15) is 18.7 Å². The summed E-state index contributed by atoms with van der Waals surface area (Å²) in [5.41, 5.74) is 0.156. The molecule has 0 aliphatic heterocycles. The molecule has 26 heavy (non-hydrogen) atoms. The van der Waals surface area contributed by atoms with Gasteiger partial charge in [0.1, 0.15) is 5.75 Å². The molecule has 1 atom stereocenters. The molecule has 0 saturated carbocycles. The molecule has 2 aromatic rings. The van der Waals surface area contributed by atoms with E-state index in [1.165, 1.54) is 36.6 Å². The topological polar surface area (TPSA) is 84.7 Å². The van der Waals surface area contributed by atoms with Crippen LogP contribution in [-0.4, -0.2) is 35.4 Å². The van der Waals surface area contributed by atoms with Gasteiger partial charge in [-0.2, -0.15) is 0 Å². The van der Waals surface area contributed by atoms with Gasteiger partial charge >= 0.3 is 0 Å². The van der Waals surface area contributed by atoms with Gasteiger partial charge < -0.3 is 10.1 Å². The summed E-state index contributed by atoms with van der Waals surface area (Å²) in [6.45, 7) is 5.01. The highest BCUT2D eigenvalue weighted by Gasteiger charge is 2.23. The molecule has 0 aliphatic rings. The maximum atomic E-state index is 12.7. The Kier molecular flexibility index (Phi) is 6.96. The molecular weight excluding hydrogens is 378 g/mol. The van der Waals surface area contributed by atoms with Crippen LogP contribution in [0.15, 0.2) is 30.3 Å². The van der Waals surface area contributed by atoms with Crippen LogP contribution >= 0.6 is 22.9 Å². The molecule has 1 aromatic carbocycles. The number of hydrogen-bond acceptors (Lipinski definition) is 6. The number of carbonyl (C=O) groups excluding carboxylic acids is 1. The first-order valence-corrected chi connectivity index (χ1v) is 9.16. The molecule has 1 aromatic heterocycles. The van der Waals surface area contributed by atoms with E-state index < -0.39 is 11.0 Å². The van der Waals surface area contributed by atoms with Crippen molar-refractivity contribution in [1.82, 2.24) is 4.90 Å². The van der Waals surface area contributed by atoms with Crippen molar-refractivity contribution in [2.75, 3.05) is 19.0 Å². The van der Waals surface area contributed by atoms with Gasteiger partial charge in [0.2, 0.25) is 5.91 Å². The molecule has 0 spiro atoms. The lowest BCUT2D eigenvalue weighted by Crippen LogP contribution is -2.41. The van der Waals surface area contributed by atoms with Crippen LogP contribution in [0.2, 0.25) is 4.34 Å². The number of benzene rings is 1. The Morgan fingerprint density at radius 2 is 2.15 bits per heavy atom. The number of likely N-dealkylation sites (N-methyl/N-ethyl adjacent to an activating group) is 1. The molecule has 0 fully saturated rings. The van der Waals surface area contributed by atoms with Crippen LogP contribution in [0.3, 0.4) is 0 Å². The molecule has 0 radical (unpaired) electrons. The average Bonchev–Trinajstić information content (AvgIpc) is 3.03. The second-order valence-electron chi connectivity index (χ2n) is 5.58. The number of thiophene rings is 1. The van der Waals surface area contributed by atoms with E-state index in [-0.39, 0.29) is 17.3 Å². The molecule has 0 bridgehead atoms. The highest BCUT2D eigenvalue weighted by molar-refractivity contribution is 7.16. The second-order valence-corrected chi connectivity index (χ2v) is 7.38. The van der Waals surface area contributed by atoms with Crippen LogP contribution in [0.25, 0.3) is 0 Å². The van der Waals surface area contributed by atoms with Crippen molar-refractivity contribution in [2.24, 2.45) is 0 Å². The Labute approximate surface area is 160 Å². The summed E-state index contributed by atoms with van der Waals surface area (Å²) in [4.78, 5) is 26.2. The number of non-ortho nitro benzene ring substituents is 1. The molecule has 140 valence electrons. The van der Waals surface area contributed by atoms with Gasteiger partial charge in [0.05, 0.1) is 28.1 Å². The minimum absolute atomic E-state index is 0.116. The van der Waals surface area contributed by atoms with E-state index >= 15 is 0 Å². The van der Waals surface area contributed by atoms with E-state index in [1.807, 2.05) is 24.0 Å². The third-order valence-corrected chi connectivity index (χ3v) is 5.19. The molecule has 1 amide bonds. The first-order valence-electron chi connectivity index (χ1n) is 7.97. The Morgan fingerprint density at radius 1 is 1.42 bits per heavy atom. The molecule has 9 heteroatoms. The van der Waals surface area contributed by atoms with E-state index in [0.717, 1.165) is 4.88 Å². The predicted octanol–water partition coefficient (Wildman–Crippen LogP) is 4.17. The van der Waals surface area contributed by atoms with Crippen molar-refractivity contribution in [2.45, 2.75) is 26.4 Å². The van der Waals surface area contributed by atoms with Crippen LogP contribution in [-0.2, 0) is 11.3 Å². The molecule has 2 rings (SSSR count). The van der Waals surface area contributed by atoms with Crippen molar-refractivity contribution < 1.29 is 14.5 Å².